The van der Waals surface area contributed by atoms with Crippen molar-refractivity contribution in [3.8, 4) is 5.75 Å². The minimum Gasteiger partial charge on any atom is -0.494 e. The molecule has 2 aromatic rings. The van der Waals surface area contributed by atoms with Crippen molar-refractivity contribution in [3.05, 3.63) is 65.7 Å². The highest BCUT2D eigenvalue weighted by molar-refractivity contribution is 7.46. The van der Waals surface area contributed by atoms with Crippen molar-refractivity contribution in [2.45, 2.75) is 43.6 Å². The SMILES string of the molecule is N[C@]1(COP(=O)(O)O)CC[C@@H](c2ccc(OCCCc3ccccc3)cc2)C1. The summed E-state index contributed by atoms with van der Waals surface area (Å²) in [4.78, 5) is 17.8. The van der Waals surface area contributed by atoms with Crippen molar-refractivity contribution in [1.29, 1.82) is 0 Å². The van der Waals surface area contributed by atoms with Crippen LogP contribution in [0.2, 0.25) is 0 Å². The highest BCUT2D eigenvalue weighted by Crippen LogP contribution is 2.43. The lowest BCUT2D eigenvalue weighted by atomic mass is 9.94. The number of hydrogen-bond donors (Lipinski definition) is 3. The Morgan fingerprint density at radius 1 is 1.11 bits per heavy atom. The first-order valence-electron chi connectivity index (χ1n) is 9.59. The van der Waals surface area contributed by atoms with Gasteiger partial charge in [-0.05, 0) is 61.3 Å². The Balaban J connectivity index is 1.44. The third-order valence-corrected chi connectivity index (χ3v) is 5.70. The van der Waals surface area contributed by atoms with Gasteiger partial charge in [0, 0.05) is 5.54 Å². The average Bonchev–Trinajstić information content (AvgIpc) is 3.07. The van der Waals surface area contributed by atoms with E-state index in [1.165, 1.54) is 11.1 Å². The van der Waals surface area contributed by atoms with E-state index in [-0.39, 0.29) is 12.5 Å². The summed E-state index contributed by atoms with van der Waals surface area (Å²) in [6, 6.07) is 18.4. The molecule has 4 N–H and O–H groups in total. The second-order valence-corrected chi connectivity index (χ2v) is 8.81. The van der Waals surface area contributed by atoms with Crippen molar-refractivity contribution in [2.75, 3.05) is 13.2 Å². The average molecular weight is 405 g/mol. The molecule has 0 amide bonds. The number of benzene rings is 2. The van der Waals surface area contributed by atoms with Crippen LogP contribution in [0.4, 0.5) is 0 Å². The zero-order valence-electron chi connectivity index (χ0n) is 15.9. The van der Waals surface area contributed by atoms with Crippen LogP contribution in [-0.2, 0) is 15.5 Å². The fraction of sp³-hybridized carbons (Fsp3) is 0.429. The summed E-state index contributed by atoms with van der Waals surface area (Å²) in [5.74, 6) is 1.11. The van der Waals surface area contributed by atoms with Crippen molar-refractivity contribution in [1.82, 2.24) is 0 Å². The van der Waals surface area contributed by atoms with E-state index in [0.717, 1.165) is 25.0 Å². The molecule has 0 saturated heterocycles. The molecule has 1 fully saturated rings. The van der Waals surface area contributed by atoms with Crippen molar-refractivity contribution >= 4 is 7.82 Å². The van der Waals surface area contributed by atoms with E-state index in [2.05, 4.69) is 16.7 Å². The lowest BCUT2D eigenvalue weighted by molar-refractivity contribution is 0.153. The number of phosphoric acid groups is 1. The molecule has 0 aromatic heterocycles. The Hall–Kier alpha value is -1.69. The quantitative estimate of drug-likeness (QED) is 0.434. The van der Waals surface area contributed by atoms with Crippen molar-refractivity contribution in [2.24, 2.45) is 5.73 Å². The van der Waals surface area contributed by atoms with E-state index in [9.17, 15) is 4.57 Å². The van der Waals surface area contributed by atoms with Gasteiger partial charge in [0.15, 0.2) is 0 Å². The fourth-order valence-corrected chi connectivity index (χ4v) is 4.16. The largest absolute Gasteiger partial charge is 0.494 e. The minimum atomic E-state index is -4.49. The number of ether oxygens (including phenoxy) is 1. The molecule has 1 aliphatic carbocycles. The highest BCUT2D eigenvalue weighted by Gasteiger charge is 2.38. The van der Waals surface area contributed by atoms with Crippen molar-refractivity contribution < 1.29 is 23.6 Å². The van der Waals surface area contributed by atoms with Crippen LogP contribution < -0.4 is 10.5 Å². The zero-order chi connectivity index (χ0) is 20.0. The molecule has 2 atom stereocenters. The normalized spacial score (nSPS) is 22.3. The van der Waals surface area contributed by atoms with Gasteiger partial charge >= 0.3 is 7.82 Å². The van der Waals surface area contributed by atoms with E-state index in [4.69, 9.17) is 20.3 Å². The number of nitrogens with two attached hydrogens (primary N) is 1. The number of rotatable bonds is 9. The maximum atomic E-state index is 10.9. The fourth-order valence-electron chi connectivity index (χ4n) is 3.73. The maximum Gasteiger partial charge on any atom is 0.469 e. The van der Waals surface area contributed by atoms with Gasteiger partial charge in [-0.25, -0.2) is 4.57 Å². The molecule has 0 aliphatic heterocycles. The lowest BCUT2D eigenvalue weighted by Gasteiger charge is -2.24. The molecule has 152 valence electrons. The van der Waals surface area contributed by atoms with E-state index in [0.29, 0.717) is 19.4 Å². The Morgan fingerprint density at radius 3 is 2.50 bits per heavy atom. The molecular formula is C21H28NO5P. The molecule has 0 radical (unpaired) electrons. The Bertz CT molecular complexity index is 792. The van der Waals surface area contributed by atoms with Crippen LogP contribution in [0.15, 0.2) is 54.6 Å². The highest BCUT2D eigenvalue weighted by atomic mass is 31.2. The smallest absolute Gasteiger partial charge is 0.469 e. The van der Waals surface area contributed by atoms with Gasteiger partial charge in [0.25, 0.3) is 0 Å². The van der Waals surface area contributed by atoms with Crippen LogP contribution in [0.3, 0.4) is 0 Å². The minimum absolute atomic E-state index is 0.129. The van der Waals surface area contributed by atoms with Gasteiger partial charge in [-0.15, -0.1) is 0 Å². The van der Waals surface area contributed by atoms with Gasteiger partial charge in [-0.1, -0.05) is 42.5 Å². The van der Waals surface area contributed by atoms with Gasteiger partial charge in [0.2, 0.25) is 0 Å². The van der Waals surface area contributed by atoms with Crippen molar-refractivity contribution in [3.63, 3.8) is 0 Å². The molecule has 6 nitrogen and oxygen atoms in total. The Kier molecular flexibility index (Phi) is 6.91. The molecular weight excluding hydrogens is 377 g/mol. The van der Waals surface area contributed by atoms with Crippen LogP contribution in [0.5, 0.6) is 5.75 Å². The first-order chi connectivity index (χ1) is 13.3. The molecule has 2 aromatic carbocycles. The maximum absolute atomic E-state index is 10.9. The Morgan fingerprint density at radius 2 is 1.82 bits per heavy atom. The summed E-state index contributed by atoms with van der Waals surface area (Å²) < 4.78 is 21.4. The van der Waals surface area contributed by atoms with Gasteiger partial charge in [-0.2, -0.15) is 0 Å². The number of phosphoric ester groups is 1. The summed E-state index contributed by atoms with van der Waals surface area (Å²) in [6.07, 6.45) is 4.15. The van der Waals surface area contributed by atoms with Crippen LogP contribution in [0.1, 0.15) is 42.7 Å². The number of hydrogen-bond acceptors (Lipinski definition) is 4. The molecule has 0 bridgehead atoms. The van der Waals surface area contributed by atoms with Gasteiger partial charge < -0.3 is 20.3 Å². The third kappa shape index (κ3) is 6.43. The molecule has 28 heavy (non-hydrogen) atoms. The van der Waals surface area contributed by atoms with Gasteiger partial charge in [0.05, 0.1) is 13.2 Å². The molecule has 3 rings (SSSR count). The monoisotopic (exact) mass is 405 g/mol. The van der Waals surface area contributed by atoms with Gasteiger partial charge in [0.1, 0.15) is 5.75 Å². The zero-order valence-corrected chi connectivity index (χ0v) is 16.8. The molecule has 1 saturated carbocycles. The standard InChI is InChI=1S/C21H28NO5P/c22-21(16-27-28(23,24)25)13-12-19(15-21)18-8-10-20(11-9-18)26-14-4-7-17-5-2-1-3-6-17/h1-3,5-6,8-11,19H,4,7,12-16,22H2,(H2,23,24,25)/t19-,21-/m1/s1. The predicted octanol–water partition coefficient (Wildman–Crippen LogP) is 3.77. The molecule has 0 spiro atoms. The molecule has 0 unspecified atom stereocenters. The second-order valence-electron chi connectivity index (χ2n) is 7.57. The third-order valence-electron chi connectivity index (χ3n) is 5.24. The van der Waals surface area contributed by atoms with Crippen LogP contribution in [0, 0.1) is 0 Å². The summed E-state index contributed by atoms with van der Waals surface area (Å²) in [5, 5.41) is 0. The molecule has 7 heteroatoms. The predicted molar refractivity (Wildman–Crippen MR) is 108 cm³/mol. The summed E-state index contributed by atoms with van der Waals surface area (Å²) in [6.45, 7) is 0.541. The first-order valence-corrected chi connectivity index (χ1v) is 11.1. The van der Waals surface area contributed by atoms with E-state index in [1.54, 1.807) is 0 Å². The van der Waals surface area contributed by atoms with E-state index >= 15 is 0 Å². The molecule has 1 aliphatic rings. The number of aryl methyl sites for hydroxylation is 1. The second kappa shape index (κ2) is 9.21. The molecule has 0 heterocycles. The van der Waals surface area contributed by atoms with E-state index in [1.807, 2.05) is 42.5 Å². The van der Waals surface area contributed by atoms with Crippen LogP contribution in [-0.4, -0.2) is 28.5 Å². The van der Waals surface area contributed by atoms with Gasteiger partial charge in [-0.3, -0.25) is 4.52 Å². The first kappa shape index (κ1) is 21.0. The van der Waals surface area contributed by atoms with E-state index < -0.39 is 13.4 Å². The van der Waals surface area contributed by atoms with Crippen LogP contribution >= 0.6 is 7.82 Å². The summed E-state index contributed by atoms with van der Waals surface area (Å²) in [5.41, 5.74) is 8.05. The summed E-state index contributed by atoms with van der Waals surface area (Å²) >= 11 is 0. The van der Waals surface area contributed by atoms with Crippen LogP contribution in [0.25, 0.3) is 0 Å². The summed E-state index contributed by atoms with van der Waals surface area (Å²) in [7, 11) is -4.49. The Labute approximate surface area is 165 Å². The lowest BCUT2D eigenvalue weighted by Crippen LogP contribution is -2.41. The topological polar surface area (TPSA) is 102 Å².